The molecule has 0 saturated heterocycles. The van der Waals surface area contributed by atoms with Gasteiger partial charge in [0.05, 0.1) is 16.5 Å². The highest BCUT2D eigenvalue weighted by Crippen LogP contribution is 2.32. The second kappa shape index (κ2) is 10.4. The summed E-state index contributed by atoms with van der Waals surface area (Å²) in [6.45, 7) is 0.132. The molecule has 0 bridgehead atoms. The number of carbonyl (C=O) groups excluding carboxylic acids is 1. The van der Waals surface area contributed by atoms with Crippen LogP contribution >= 0.6 is 11.6 Å². The lowest BCUT2D eigenvalue weighted by Crippen LogP contribution is -2.23. The number of fused-ring (bicyclic) bond motifs is 1. The fraction of sp³-hybridized carbons (Fsp3) is 0.0690. The van der Waals surface area contributed by atoms with E-state index in [0.29, 0.717) is 44.8 Å². The Morgan fingerprint density at radius 3 is 2.26 bits per heavy atom. The number of hydrogen-bond acceptors (Lipinski definition) is 4. The molecule has 0 radical (unpaired) electrons. The van der Waals surface area contributed by atoms with Crippen LogP contribution in [-0.2, 0) is 13.0 Å². The molecule has 1 heterocycles. The predicted molar refractivity (Wildman–Crippen MR) is 138 cm³/mol. The number of nitrogens with zero attached hydrogens (tertiary/aromatic N) is 1. The summed E-state index contributed by atoms with van der Waals surface area (Å²) in [7, 11) is 0. The molecule has 9 heteroatoms. The van der Waals surface area contributed by atoms with Gasteiger partial charge in [-0.05, 0) is 70.8 Å². The standard InChI is InChI=1S/C29H19ClF2N2O4/c30-21-8-3-16(4-9-21)11-26-27-22(28(35)33-15-17-1-5-18(6-2-17)29(36)37)12-20(14-25(27)34-38-26)19-7-10-23(31)24(32)13-19/h1-10,12-14H,11,15H2,(H,33,35)(H,36,37). The second-order valence-corrected chi connectivity index (χ2v) is 9.08. The fourth-order valence-corrected chi connectivity index (χ4v) is 4.24. The first-order chi connectivity index (χ1) is 18.3. The lowest BCUT2D eigenvalue weighted by atomic mass is 9.97. The Hall–Kier alpha value is -4.56. The number of aromatic carboxylic acids is 1. The van der Waals surface area contributed by atoms with E-state index in [1.54, 1.807) is 36.4 Å². The third-order valence-corrected chi connectivity index (χ3v) is 6.33. The van der Waals surface area contributed by atoms with E-state index in [9.17, 15) is 18.4 Å². The SMILES string of the molecule is O=C(O)c1ccc(CNC(=O)c2cc(-c3ccc(F)c(F)c3)cc3noc(Cc4ccc(Cl)cc4)c23)cc1. The van der Waals surface area contributed by atoms with Gasteiger partial charge in [-0.15, -0.1) is 0 Å². The number of halogens is 3. The molecule has 5 aromatic rings. The van der Waals surface area contributed by atoms with E-state index in [2.05, 4.69) is 10.5 Å². The minimum absolute atomic E-state index is 0.132. The maximum absolute atomic E-state index is 14.0. The van der Waals surface area contributed by atoms with Crippen LogP contribution in [0.25, 0.3) is 22.0 Å². The van der Waals surface area contributed by atoms with Gasteiger partial charge in [-0.2, -0.15) is 0 Å². The fourth-order valence-electron chi connectivity index (χ4n) is 4.11. The molecular weight excluding hydrogens is 514 g/mol. The summed E-state index contributed by atoms with van der Waals surface area (Å²) in [6.07, 6.45) is 0.342. The van der Waals surface area contributed by atoms with Crippen LogP contribution in [-0.4, -0.2) is 22.1 Å². The van der Waals surface area contributed by atoms with Crippen LogP contribution in [0.3, 0.4) is 0 Å². The van der Waals surface area contributed by atoms with Crippen LogP contribution in [0, 0.1) is 11.6 Å². The van der Waals surface area contributed by atoms with Crippen molar-refractivity contribution in [3.8, 4) is 11.1 Å². The van der Waals surface area contributed by atoms with Crippen molar-refractivity contribution in [3.63, 3.8) is 0 Å². The third-order valence-electron chi connectivity index (χ3n) is 6.08. The van der Waals surface area contributed by atoms with Gasteiger partial charge in [0, 0.05) is 18.0 Å². The molecule has 6 nitrogen and oxygen atoms in total. The van der Waals surface area contributed by atoms with Gasteiger partial charge in [-0.3, -0.25) is 4.79 Å². The van der Waals surface area contributed by atoms with Crippen LogP contribution < -0.4 is 5.32 Å². The number of nitrogens with one attached hydrogen (secondary N) is 1. The molecular formula is C29H19ClF2N2O4. The minimum Gasteiger partial charge on any atom is -0.478 e. The van der Waals surface area contributed by atoms with Crippen molar-refractivity contribution >= 4 is 34.4 Å². The molecule has 0 atom stereocenters. The molecule has 5 rings (SSSR count). The lowest BCUT2D eigenvalue weighted by Gasteiger charge is -2.10. The summed E-state index contributed by atoms with van der Waals surface area (Å²) in [5.74, 6) is -3.02. The molecule has 0 aliphatic heterocycles. The number of benzene rings is 4. The molecule has 2 N–H and O–H groups in total. The molecule has 0 aliphatic carbocycles. The molecule has 0 saturated carbocycles. The molecule has 38 heavy (non-hydrogen) atoms. The Morgan fingerprint density at radius 2 is 1.58 bits per heavy atom. The molecule has 1 amide bonds. The van der Waals surface area contributed by atoms with Gasteiger partial charge < -0.3 is 14.9 Å². The quantitative estimate of drug-likeness (QED) is 0.245. The van der Waals surface area contributed by atoms with Crippen LogP contribution in [0.4, 0.5) is 8.78 Å². The van der Waals surface area contributed by atoms with E-state index in [0.717, 1.165) is 17.7 Å². The number of hydrogen-bond donors (Lipinski definition) is 2. The summed E-state index contributed by atoms with van der Waals surface area (Å²) in [4.78, 5) is 24.5. The lowest BCUT2D eigenvalue weighted by molar-refractivity contribution is 0.0696. The number of rotatable bonds is 7. The third kappa shape index (κ3) is 5.26. The van der Waals surface area contributed by atoms with Gasteiger partial charge in [-0.25, -0.2) is 13.6 Å². The largest absolute Gasteiger partial charge is 0.478 e. The normalized spacial score (nSPS) is 11.0. The topological polar surface area (TPSA) is 92.4 Å². The minimum atomic E-state index is -1.04. The van der Waals surface area contributed by atoms with Crippen LogP contribution in [0.1, 0.15) is 37.6 Å². The monoisotopic (exact) mass is 532 g/mol. The molecule has 0 fully saturated rings. The van der Waals surface area contributed by atoms with E-state index in [4.69, 9.17) is 21.2 Å². The number of carboxylic acids is 1. The van der Waals surface area contributed by atoms with E-state index in [1.807, 2.05) is 12.1 Å². The van der Waals surface area contributed by atoms with E-state index in [-0.39, 0.29) is 17.7 Å². The second-order valence-electron chi connectivity index (χ2n) is 8.64. The average molecular weight is 533 g/mol. The summed E-state index contributed by atoms with van der Waals surface area (Å²) < 4.78 is 33.1. The summed E-state index contributed by atoms with van der Waals surface area (Å²) in [5, 5.41) is 17.1. The summed E-state index contributed by atoms with van der Waals surface area (Å²) in [5.41, 5.74) is 3.18. The number of aromatic nitrogens is 1. The summed E-state index contributed by atoms with van der Waals surface area (Å²) >= 11 is 5.99. The highest BCUT2D eigenvalue weighted by Gasteiger charge is 2.21. The smallest absolute Gasteiger partial charge is 0.335 e. The van der Waals surface area contributed by atoms with Crippen LogP contribution in [0.2, 0.25) is 5.02 Å². The van der Waals surface area contributed by atoms with Crippen LogP contribution in [0.5, 0.6) is 0 Å². The van der Waals surface area contributed by atoms with Crippen LogP contribution in [0.15, 0.2) is 83.4 Å². The van der Waals surface area contributed by atoms with Gasteiger partial charge in [-0.1, -0.05) is 47.1 Å². The van der Waals surface area contributed by atoms with E-state index < -0.39 is 23.5 Å². The van der Waals surface area contributed by atoms with E-state index in [1.165, 1.54) is 18.2 Å². The Balaban J connectivity index is 1.53. The molecule has 1 aromatic heterocycles. The molecule has 0 spiro atoms. The molecule has 190 valence electrons. The van der Waals surface area contributed by atoms with Crippen molar-refractivity contribution < 1.29 is 28.0 Å². The molecule has 0 unspecified atom stereocenters. The Morgan fingerprint density at radius 1 is 0.868 bits per heavy atom. The first-order valence-electron chi connectivity index (χ1n) is 11.5. The van der Waals surface area contributed by atoms with Gasteiger partial charge in [0.25, 0.3) is 5.91 Å². The van der Waals surface area contributed by atoms with Crippen molar-refractivity contribution in [3.05, 3.63) is 124 Å². The van der Waals surface area contributed by atoms with Gasteiger partial charge >= 0.3 is 5.97 Å². The number of carbonyl (C=O) groups is 2. The number of carboxylic acid groups (broad SMARTS) is 1. The zero-order valence-corrected chi connectivity index (χ0v) is 20.4. The first-order valence-corrected chi connectivity index (χ1v) is 11.9. The van der Waals surface area contributed by atoms with Crippen molar-refractivity contribution in [2.24, 2.45) is 0 Å². The average Bonchev–Trinajstić information content (AvgIpc) is 3.32. The van der Waals surface area contributed by atoms with Gasteiger partial charge in [0.2, 0.25) is 0 Å². The summed E-state index contributed by atoms with van der Waals surface area (Å²) in [6, 6.07) is 20.0. The van der Waals surface area contributed by atoms with Crippen molar-refractivity contribution in [1.29, 1.82) is 0 Å². The van der Waals surface area contributed by atoms with Gasteiger partial charge in [0.15, 0.2) is 11.6 Å². The predicted octanol–water partition coefficient (Wildman–Crippen LogP) is 6.65. The van der Waals surface area contributed by atoms with Crippen molar-refractivity contribution in [2.45, 2.75) is 13.0 Å². The molecule has 4 aromatic carbocycles. The maximum Gasteiger partial charge on any atom is 0.335 e. The van der Waals surface area contributed by atoms with E-state index >= 15 is 0 Å². The van der Waals surface area contributed by atoms with Crippen molar-refractivity contribution in [1.82, 2.24) is 10.5 Å². The Bertz CT molecular complexity index is 1670. The molecule has 0 aliphatic rings. The highest BCUT2D eigenvalue weighted by atomic mass is 35.5. The zero-order chi connectivity index (χ0) is 26.8. The maximum atomic E-state index is 14.0. The van der Waals surface area contributed by atoms with Crippen molar-refractivity contribution in [2.75, 3.05) is 0 Å². The number of amides is 1. The Labute approximate surface area is 220 Å². The van der Waals surface area contributed by atoms with Gasteiger partial charge in [0.1, 0.15) is 11.3 Å². The first kappa shape index (κ1) is 25.1. The zero-order valence-electron chi connectivity index (χ0n) is 19.7. The highest BCUT2D eigenvalue weighted by molar-refractivity contribution is 6.30. The Kier molecular flexibility index (Phi) is 6.89.